The van der Waals surface area contributed by atoms with Crippen LogP contribution in [0.2, 0.25) is 4.34 Å². The molecule has 2 rings (SSSR count). The van der Waals surface area contributed by atoms with Crippen LogP contribution < -0.4 is 5.32 Å². The summed E-state index contributed by atoms with van der Waals surface area (Å²) in [4.78, 5) is 1.26. The highest BCUT2D eigenvalue weighted by Crippen LogP contribution is 2.26. The van der Waals surface area contributed by atoms with Gasteiger partial charge in [-0.1, -0.05) is 11.6 Å². The standard InChI is InChI=1S/C12H16ClN3S/c1-8-10(7-16(3)15-8)6-14-9(2)11-4-5-12(13)17-11/h4-5,7,9,14H,6H2,1-3H3. The molecule has 0 aliphatic heterocycles. The van der Waals surface area contributed by atoms with Crippen molar-refractivity contribution in [1.82, 2.24) is 15.1 Å². The van der Waals surface area contributed by atoms with E-state index in [0.29, 0.717) is 6.04 Å². The molecular formula is C12H16ClN3S. The molecule has 0 saturated carbocycles. The van der Waals surface area contributed by atoms with Crippen LogP contribution in [0, 0.1) is 6.92 Å². The van der Waals surface area contributed by atoms with Crippen molar-refractivity contribution in [3.05, 3.63) is 38.8 Å². The van der Waals surface area contributed by atoms with E-state index < -0.39 is 0 Å². The fourth-order valence-electron chi connectivity index (χ4n) is 1.75. The topological polar surface area (TPSA) is 29.9 Å². The molecule has 0 aromatic carbocycles. The highest BCUT2D eigenvalue weighted by molar-refractivity contribution is 7.16. The van der Waals surface area contributed by atoms with Gasteiger partial charge in [0.05, 0.1) is 10.0 Å². The summed E-state index contributed by atoms with van der Waals surface area (Å²) >= 11 is 7.55. The Morgan fingerprint density at radius 1 is 1.53 bits per heavy atom. The first kappa shape index (κ1) is 12.6. The zero-order valence-corrected chi connectivity index (χ0v) is 11.8. The maximum Gasteiger partial charge on any atom is 0.0931 e. The van der Waals surface area contributed by atoms with E-state index in [0.717, 1.165) is 16.6 Å². The number of hydrogen-bond donors (Lipinski definition) is 1. The molecule has 2 heterocycles. The molecule has 1 atom stereocenters. The molecule has 0 saturated heterocycles. The van der Waals surface area contributed by atoms with E-state index in [4.69, 9.17) is 11.6 Å². The Morgan fingerprint density at radius 3 is 2.82 bits per heavy atom. The van der Waals surface area contributed by atoms with Gasteiger partial charge in [0.15, 0.2) is 0 Å². The Balaban J connectivity index is 1.96. The Labute approximate surface area is 110 Å². The summed E-state index contributed by atoms with van der Waals surface area (Å²) in [6, 6.07) is 4.32. The number of aromatic nitrogens is 2. The van der Waals surface area contributed by atoms with Crippen LogP contribution in [0.5, 0.6) is 0 Å². The number of aryl methyl sites for hydroxylation is 2. The van der Waals surface area contributed by atoms with Crippen LogP contribution in [0.25, 0.3) is 0 Å². The van der Waals surface area contributed by atoms with Crippen LogP contribution in [0.1, 0.15) is 29.1 Å². The second-order valence-electron chi connectivity index (χ2n) is 4.16. The number of halogens is 1. The lowest BCUT2D eigenvalue weighted by Gasteiger charge is -2.11. The van der Waals surface area contributed by atoms with Crippen LogP contribution in [-0.2, 0) is 13.6 Å². The third kappa shape index (κ3) is 3.09. The summed E-state index contributed by atoms with van der Waals surface area (Å²) in [6.07, 6.45) is 2.05. The van der Waals surface area contributed by atoms with Crippen LogP contribution >= 0.6 is 22.9 Å². The van der Waals surface area contributed by atoms with Gasteiger partial charge in [0, 0.05) is 36.3 Å². The van der Waals surface area contributed by atoms with Crippen LogP contribution in [0.3, 0.4) is 0 Å². The number of rotatable bonds is 4. The largest absolute Gasteiger partial charge is 0.305 e. The molecule has 2 aromatic heterocycles. The lowest BCUT2D eigenvalue weighted by Crippen LogP contribution is -2.17. The monoisotopic (exact) mass is 269 g/mol. The maximum absolute atomic E-state index is 5.93. The minimum atomic E-state index is 0.312. The number of hydrogen-bond acceptors (Lipinski definition) is 3. The minimum Gasteiger partial charge on any atom is -0.305 e. The first-order valence-electron chi connectivity index (χ1n) is 5.54. The Morgan fingerprint density at radius 2 is 2.29 bits per heavy atom. The van der Waals surface area contributed by atoms with Crippen molar-refractivity contribution in [2.24, 2.45) is 7.05 Å². The van der Waals surface area contributed by atoms with E-state index in [1.54, 1.807) is 11.3 Å². The quantitative estimate of drug-likeness (QED) is 0.923. The van der Waals surface area contributed by atoms with Crippen molar-refractivity contribution in [3.63, 3.8) is 0 Å². The molecule has 0 aliphatic rings. The highest BCUT2D eigenvalue weighted by Gasteiger charge is 2.09. The molecule has 0 amide bonds. The molecule has 0 spiro atoms. The van der Waals surface area contributed by atoms with E-state index in [1.165, 1.54) is 10.4 Å². The molecule has 0 bridgehead atoms. The first-order valence-corrected chi connectivity index (χ1v) is 6.73. The van der Waals surface area contributed by atoms with Crippen molar-refractivity contribution in [2.45, 2.75) is 26.4 Å². The summed E-state index contributed by atoms with van der Waals surface area (Å²) in [7, 11) is 1.94. The minimum absolute atomic E-state index is 0.312. The van der Waals surface area contributed by atoms with E-state index >= 15 is 0 Å². The second-order valence-corrected chi connectivity index (χ2v) is 5.90. The van der Waals surface area contributed by atoms with E-state index in [1.807, 2.05) is 24.7 Å². The Kier molecular flexibility index (Phi) is 3.86. The zero-order valence-electron chi connectivity index (χ0n) is 10.2. The van der Waals surface area contributed by atoms with Crippen molar-refractivity contribution in [2.75, 3.05) is 0 Å². The summed E-state index contributed by atoms with van der Waals surface area (Å²) in [6.45, 7) is 5.01. The lowest BCUT2D eigenvalue weighted by molar-refractivity contribution is 0.581. The summed E-state index contributed by atoms with van der Waals surface area (Å²) < 4.78 is 2.69. The highest BCUT2D eigenvalue weighted by atomic mass is 35.5. The van der Waals surface area contributed by atoms with Gasteiger partial charge in [-0.05, 0) is 26.0 Å². The van der Waals surface area contributed by atoms with Crippen LogP contribution in [0.15, 0.2) is 18.3 Å². The van der Waals surface area contributed by atoms with Crippen molar-refractivity contribution < 1.29 is 0 Å². The van der Waals surface area contributed by atoms with Gasteiger partial charge in [-0.25, -0.2) is 0 Å². The molecule has 0 aliphatic carbocycles. The molecule has 3 nitrogen and oxygen atoms in total. The molecule has 0 radical (unpaired) electrons. The van der Waals surface area contributed by atoms with Gasteiger partial charge in [0.1, 0.15) is 0 Å². The van der Waals surface area contributed by atoms with Gasteiger partial charge in [-0.3, -0.25) is 4.68 Å². The fraction of sp³-hybridized carbons (Fsp3) is 0.417. The lowest BCUT2D eigenvalue weighted by atomic mass is 10.2. The third-order valence-corrected chi connectivity index (χ3v) is 4.15. The number of nitrogens with zero attached hydrogens (tertiary/aromatic N) is 2. The third-order valence-electron chi connectivity index (χ3n) is 2.73. The average molecular weight is 270 g/mol. The fourth-order valence-corrected chi connectivity index (χ4v) is 2.83. The predicted molar refractivity (Wildman–Crippen MR) is 72.5 cm³/mol. The molecule has 2 aromatic rings. The molecule has 17 heavy (non-hydrogen) atoms. The van der Waals surface area contributed by atoms with E-state index in [-0.39, 0.29) is 0 Å². The summed E-state index contributed by atoms with van der Waals surface area (Å²) in [5.74, 6) is 0. The molecule has 92 valence electrons. The first-order chi connectivity index (χ1) is 8.06. The van der Waals surface area contributed by atoms with Gasteiger partial charge in [0.2, 0.25) is 0 Å². The maximum atomic E-state index is 5.93. The van der Waals surface area contributed by atoms with Crippen LogP contribution in [0.4, 0.5) is 0 Å². The number of thiophene rings is 1. The molecular weight excluding hydrogens is 254 g/mol. The summed E-state index contributed by atoms with van der Waals surface area (Å²) in [5, 5.41) is 7.81. The van der Waals surface area contributed by atoms with Gasteiger partial charge < -0.3 is 5.32 Å². The van der Waals surface area contributed by atoms with Gasteiger partial charge >= 0.3 is 0 Å². The SMILES string of the molecule is Cc1nn(C)cc1CNC(C)c1ccc(Cl)s1. The van der Waals surface area contributed by atoms with Gasteiger partial charge in [-0.2, -0.15) is 5.10 Å². The van der Waals surface area contributed by atoms with Gasteiger partial charge in [-0.15, -0.1) is 11.3 Å². The van der Waals surface area contributed by atoms with Gasteiger partial charge in [0.25, 0.3) is 0 Å². The smallest absolute Gasteiger partial charge is 0.0931 e. The average Bonchev–Trinajstić information content (AvgIpc) is 2.82. The summed E-state index contributed by atoms with van der Waals surface area (Å²) in [5.41, 5.74) is 2.32. The molecule has 5 heteroatoms. The van der Waals surface area contributed by atoms with Crippen molar-refractivity contribution >= 4 is 22.9 Å². The molecule has 1 N–H and O–H groups in total. The van der Waals surface area contributed by atoms with Crippen molar-refractivity contribution in [3.8, 4) is 0 Å². The zero-order chi connectivity index (χ0) is 12.4. The normalized spacial score (nSPS) is 12.9. The van der Waals surface area contributed by atoms with E-state index in [2.05, 4.69) is 29.6 Å². The predicted octanol–water partition coefficient (Wildman–Crippen LogP) is 3.29. The molecule has 0 fully saturated rings. The Bertz CT molecular complexity index is 504. The molecule has 1 unspecified atom stereocenters. The van der Waals surface area contributed by atoms with Crippen LogP contribution in [-0.4, -0.2) is 9.78 Å². The van der Waals surface area contributed by atoms with E-state index in [9.17, 15) is 0 Å². The Hall–Kier alpha value is -0.840. The second kappa shape index (κ2) is 5.21. The van der Waals surface area contributed by atoms with Crippen molar-refractivity contribution in [1.29, 1.82) is 0 Å². The number of nitrogens with one attached hydrogen (secondary N) is 1.